The van der Waals surface area contributed by atoms with Crippen molar-refractivity contribution >= 4 is 33.0 Å². The van der Waals surface area contributed by atoms with E-state index in [9.17, 15) is 21.6 Å². The number of aliphatic hydroxyl groups is 1. The molecule has 11 heteroatoms. The Morgan fingerprint density at radius 3 is 1.79 bits per heavy atom. The minimum Gasteiger partial charge on any atom is -0.493 e. The Morgan fingerprint density at radius 2 is 1.29 bits per heavy atom. The summed E-state index contributed by atoms with van der Waals surface area (Å²) in [5.74, 6) is -0.0566. The standard InChI is InChI=1S/C27H27Cl2F3O5S/c28-22-8-4-20(5-9-22)26(21-6-10-23(29)11-7-21)37-16-18-38(34,35)17-15-36-24-12-1-19(2-13-24)3-14-25(33)27(30,31)32/h1-2,4-13,25-26,33H,3,14-18H2. The maximum Gasteiger partial charge on any atom is 0.414 e. The summed E-state index contributed by atoms with van der Waals surface area (Å²) in [4.78, 5) is 0. The third kappa shape index (κ3) is 9.78. The van der Waals surface area contributed by atoms with E-state index in [0.29, 0.717) is 21.4 Å². The van der Waals surface area contributed by atoms with Gasteiger partial charge in [0.25, 0.3) is 0 Å². The minimum atomic E-state index is -4.65. The van der Waals surface area contributed by atoms with Crippen molar-refractivity contribution in [2.75, 3.05) is 24.7 Å². The van der Waals surface area contributed by atoms with E-state index >= 15 is 0 Å². The summed E-state index contributed by atoms with van der Waals surface area (Å²) in [5, 5.41) is 10.2. The fourth-order valence-corrected chi connectivity index (χ4v) is 4.70. The largest absolute Gasteiger partial charge is 0.493 e. The molecule has 0 saturated heterocycles. The summed E-state index contributed by atoms with van der Waals surface area (Å²) in [6.45, 7) is -0.136. The first kappa shape index (κ1) is 30.2. The highest BCUT2D eigenvalue weighted by Gasteiger charge is 2.37. The lowest BCUT2D eigenvalue weighted by molar-refractivity contribution is -0.205. The van der Waals surface area contributed by atoms with Crippen LogP contribution < -0.4 is 4.74 Å². The van der Waals surface area contributed by atoms with Crippen molar-refractivity contribution in [3.8, 4) is 5.75 Å². The summed E-state index contributed by atoms with van der Waals surface area (Å²) in [5.41, 5.74) is 2.23. The molecule has 3 aromatic rings. The quantitative estimate of drug-likeness (QED) is 0.248. The van der Waals surface area contributed by atoms with Crippen LogP contribution in [0.5, 0.6) is 5.75 Å². The molecule has 0 fully saturated rings. The lowest BCUT2D eigenvalue weighted by Gasteiger charge is -2.19. The molecule has 0 aliphatic rings. The van der Waals surface area contributed by atoms with E-state index in [4.69, 9.17) is 37.8 Å². The van der Waals surface area contributed by atoms with Crippen LogP contribution in [-0.2, 0) is 21.0 Å². The van der Waals surface area contributed by atoms with Crippen molar-refractivity contribution < 1.29 is 36.2 Å². The highest BCUT2D eigenvalue weighted by molar-refractivity contribution is 7.91. The van der Waals surface area contributed by atoms with Crippen LogP contribution in [0, 0.1) is 0 Å². The molecule has 38 heavy (non-hydrogen) atoms. The van der Waals surface area contributed by atoms with Gasteiger partial charge < -0.3 is 14.6 Å². The molecule has 0 spiro atoms. The fourth-order valence-electron chi connectivity index (χ4n) is 3.56. The van der Waals surface area contributed by atoms with Gasteiger partial charge in [0.1, 0.15) is 24.6 Å². The summed E-state index contributed by atoms with van der Waals surface area (Å²) in [6, 6.07) is 20.4. The zero-order valence-electron chi connectivity index (χ0n) is 20.2. The zero-order chi connectivity index (χ0) is 27.8. The fraction of sp³-hybridized carbons (Fsp3) is 0.333. The van der Waals surface area contributed by atoms with Crippen LogP contribution in [0.25, 0.3) is 0 Å². The summed E-state index contributed by atoms with van der Waals surface area (Å²) < 4.78 is 73.8. The Bertz CT molecular complexity index is 1200. The van der Waals surface area contributed by atoms with Gasteiger partial charge in [0, 0.05) is 10.0 Å². The van der Waals surface area contributed by atoms with Crippen molar-refractivity contribution in [2.24, 2.45) is 0 Å². The first-order chi connectivity index (χ1) is 17.9. The smallest absolute Gasteiger partial charge is 0.414 e. The van der Waals surface area contributed by atoms with E-state index in [1.165, 1.54) is 0 Å². The van der Waals surface area contributed by atoms with Crippen molar-refractivity contribution in [2.45, 2.75) is 31.2 Å². The number of alkyl halides is 3. The number of aliphatic hydroxyl groups excluding tert-OH is 1. The first-order valence-electron chi connectivity index (χ1n) is 11.7. The monoisotopic (exact) mass is 590 g/mol. The second kappa shape index (κ2) is 13.7. The van der Waals surface area contributed by atoms with Crippen molar-refractivity contribution in [3.63, 3.8) is 0 Å². The third-order valence-electron chi connectivity index (χ3n) is 5.70. The van der Waals surface area contributed by atoms with Gasteiger partial charge in [-0.2, -0.15) is 13.2 Å². The van der Waals surface area contributed by atoms with Gasteiger partial charge in [0.2, 0.25) is 0 Å². The minimum absolute atomic E-state index is 0.0440. The lowest BCUT2D eigenvalue weighted by atomic mass is 10.0. The van der Waals surface area contributed by atoms with Crippen molar-refractivity contribution in [1.82, 2.24) is 0 Å². The topological polar surface area (TPSA) is 72.8 Å². The van der Waals surface area contributed by atoms with E-state index in [2.05, 4.69) is 0 Å². The molecule has 1 N–H and O–H groups in total. The molecule has 0 bridgehead atoms. The van der Waals surface area contributed by atoms with Gasteiger partial charge in [-0.3, -0.25) is 0 Å². The number of hydrogen-bond donors (Lipinski definition) is 1. The summed E-state index contributed by atoms with van der Waals surface area (Å²) in [6.07, 6.45) is -7.93. The Morgan fingerprint density at radius 1 is 0.789 bits per heavy atom. The molecular weight excluding hydrogens is 564 g/mol. The molecule has 0 amide bonds. The average Bonchev–Trinajstić information content (AvgIpc) is 2.87. The molecule has 3 aromatic carbocycles. The molecule has 206 valence electrons. The van der Waals surface area contributed by atoms with Crippen LogP contribution in [0.15, 0.2) is 72.8 Å². The van der Waals surface area contributed by atoms with Crippen molar-refractivity contribution in [3.05, 3.63) is 99.5 Å². The highest BCUT2D eigenvalue weighted by atomic mass is 35.5. The number of sulfone groups is 1. The summed E-state index contributed by atoms with van der Waals surface area (Å²) >= 11 is 12.0. The van der Waals surface area contributed by atoms with Crippen LogP contribution in [0.4, 0.5) is 13.2 Å². The number of hydrogen-bond acceptors (Lipinski definition) is 5. The Kier molecular flexibility index (Phi) is 10.9. The molecule has 0 aliphatic heterocycles. The van der Waals surface area contributed by atoms with Crippen LogP contribution in [-0.4, -0.2) is 50.5 Å². The van der Waals surface area contributed by atoms with Crippen LogP contribution in [0.2, 0.25) is 10.0 Å². The van der Waals surface area contributed by atoms with E-state index in [1.54, 1.807) is 48.5 Å². The molecule has 0 heterocycles. The van der Waals surface area contributed by atoms with Gasteiger partial charge in [0.15, 0.2) is 9.84 Å². The molecule has 0 saturated carbocycles. The molecule has 1 atom stereocenters. The lowest BCUT2D eigenvalue weighted by Crippen LogP contribution is -2.28. The Hall–Kier alpha value is -2.30. The molecule has 0 aliphatic carbocycles. The van der Waals surface area contributed by atoms with Crippen molar-refractivity contribution in [1.29, 1.82) is 0 Å². The number of benzene rings is 3. The molecule has 0 aromatic heterocycles. The van der Waals surface area contributed by atoms with Gasteiger partial charge in [-0.1, -0.05) is 59.6 Å². The second-order valence-electron chi connectivity index (χ2n) is 8.59. The zero-order valence-corrected chi connectivity index (χ0v) is 22.5. The predicted molar refractivity (Wildman–Crippen MR) is 142 cm³/mol. The third-order valence-corrected chi connectivity index (χ3v) is 7.78. The maximum absolute atomic E-state index is 12.5. The van der Waals surface area contributed by atoms with E-state index < -0.39 is 34.6 Å². The highest BCUT2D eigenvalue weighted by Crippen LogP contribution is 2.28. The van der Waals surface area contributed by atoms with Crippen LogP contribution in [0.3, 0.4) is 0 Å². The van der Waals surface area contributed by atoms with Crippen LogP contribution in [0.1, 0.15) is 29.2 Å². The molecular formula is C27H27Cl2F3O5S. The SMILES string of the molecule is O=S(=O)(CCOc1ccc(CCC(O)C(F)(F)F)cc1)CCOC(c1ccc(Cl)cc1)c1ccc(Cl)cc1. The number of ether oxygens (including phenoxy) is 2. The van der Waals surface area contributed by atoms with Gasteiger partial charge >= 0.3 is 6.18 Å². The molecule has 5 nitrogen and oxygen atoms in total. The van der Waals surface area contributed by atoms with Gasteiger partial charge in [-0.25, -0.2) is 8.42 Å². The van der Waals surface area contributed by atoms with Gasteiger partial charge in [0.05, 0.1) is 18.1 Å². The summed E-state index contributed by atoms with van der Waals surface area (Å²) in [7, 11) is -3.49. The van der Waals surface area contributed by atoms with Crippen LogP contribution >= 0.6 is 23.2 Å². The van der Waals surface area contributed by atoms with E-state index in [-0.39, 0.29) is 31.1 Å². The van der Waals surface area contributed by atoms with E-state index in [0.717, 1.165) is 11.1 Å². The average molecular weight is 591 g/mol. The number of aryl methyl sites for hydroxylation is 1. The second-order valence-corrected chi connectivity index (χ2v) is 11.8. The molecule has 0 radical (unpaired) electrons. The normalized spacial score (nSPS) is 13.0. The van der Waals surface area contributed by atoms with Gasteiger partial charge in [-0.15, -0.1) is 0 Å². The predicted octanol–water partition coefficient (Wildman–Crippen LogP) is 6.45. The number of rotatable bonds is 13. The Balaban J connectivity index is 1.48. The van der Waals surface area contributed by atoms with Gasteiger partial charge in [-0.05, 0) is 65.9 Å². The maximum atomic E-state index is 12.5. The Labute approximate surface area is 230 Å². The molecule has 1 unspecified atom stereocenters. The molecule has 3 rings (SSSR count). The van der Waals surface area contributed by atoms with E-state index in [1.807, 2.05) is 24.3 Å². The first-order valence-corrected chi connectivity index (χ1v) is 14.3. The number of halogens is 5.